The summed E-state index contributed by atoms with van der Waals surface area (Å²) in [5.74, 6) is -1.88. The Morgan fingerprint density at radius 2 is 1.67 bits per heavy atom. The van der Waals surface area contributed by atoms with E-state index in [-0.39, 0.29) is 6.42 Å². The highest BCUT2D eigenvalue weighted by Gasteiger charge is 2.25. The van der Waals surface area contributed by atoms with Crippen molar-refractivity contribution in [3.63, 3.8) is 0 Å². The van der Waals surface area contributed by atoms with E-state index < -0.39 is 35.5 Å². The van der Waals surface area contributed by atoms with E-state index in [9.17, 15) is 14.4 Å². The molecule has 5 N–H and O–H groups in total. The minimum atomic E-state index is -0.984. The van der Waals surface area contributed by atoms with Gasteiger partial charge in [0.15, 0.2) is 0 Å². The van der Waals surface area contributed by atoms with Gasteiger partial charge in [0.1, 0.15) is 11.6 Å². The third-order valence-corrected chi connectivity index (χ3v) is 2.11. The Bertz CT molecular complexity index is 336. The predicted octanol–water partition coefficient (Wildman–Crippen LogP) is -0.123. The van der Waals surface area contributed by atoms with Crippen molar-refractivity contribution in [1.82, 2.24) is 5.32 Å². The molecule has 0 spiro atoms. The number of hydrogen-bond acceptors (Lipinski definition) is 4. The van der Waals surface area contributed by atoms with Gasteiger partial charge in [0.05, 0.1) is 0 Å². The van der Waals surface area contributed by atoms with E-state index in [1.807, 2.05) is 0 Å². The van der Waals surface area contributed by atoms with E-state index in [1.165, 1.54) is 0 Å². The van der Waals surface area contributed by atoms with Crippen LogP contribution in [0.4, 0.5) is 4.79 Å². The second-order valence-corrected chi connectivity index (χ2v) is 5.14. The number of alkyl carbamates (subject to hydrolysis) is 1. The van der Waals surface area contributed by atoms with Crippen LogP contribution in [0.15, 0.2) is 0 Å². The number of primary amides is 2. The van der Waals surface area contributed by atoms with Gasteiger partial charge in [0.2, 0.25) is 11.8 Å². The number of nitrogens with two attached hydrogens (primary N) is 2. The maximum atomic E-state index is 11.5. The van der Waals surface area contributed by atoms with Crippen LogP contribution in [0, 0.1) is 5.92 Å². The fourth-order valence-electron chi connectivity index (χ4n) is 1.17. The molecule has 0 aliphatic carbocycles. The van der Waals surface area contributed by atoms with Crippen molar-refractivity contribution in [3.05, 3.63) is 0 Å². The Morgan fingerprint density at radius 3 is 2.00 bits per heavy atom. The summed E-state index contributed by atoms with van der Waals surface area (Å²) in [6.07, 6.45) is -0.716. The lowest BCUT2D eigenvalue weighted by Crippen LogP contribution is -2.48. The van der Waals surface area contributed by atoms with Gasteiger partial charge >= 0.3 is 6.09 Å². The largest absolute Gasteiger partial charge is 0.444 e. The average Bonchev–Trinajstić information content (AvgIpc) is 2.12. The fraction of sp³-hybridized carbons (Fsp3) is 0.727. The van der Waals surface area contributed by atoms with E-state index in [0.29, 0.717) is 0 Å². The zero-order valence-corrected chi connectivity index (χ0v) is 11.1. The predicted molar refractivity (Wildman–Crippen MR) is 65.3 cm³/mol. The summed E-state index contributed by atoms with van der Waals surface area (Å²) in [4.78, 5) is 33.5. The third kappa shape index (κ3) is 6.72. The highest BCUT2D eigenvalue weighted by molar-refractivity contribution is 5.85. The molecule has 0 aromatic rings. The van der Waals surface area contributed by atoms with Crippen molar-refractivity contribution in [2.45, 2.75) is 45.8 Å². The SMILES string of the molecule is C[C@@H](C[C@@H](NC(=O)OC(C)(C)C)C(N)=O)C(N)=O. The first kappa shape index (κ1) is 16.2. The van der Waals surface area contributed by atoms with Gasteiger partial charge in [0, 0.05) is 5.92 Å². The minimum Gasteiger partial charge on any atom is -0.444 e. The number of hydrogen-bond donors (Lipinski definition) is 3. The highest BCUT2D eigenvalue weighted by Crippen LogP contribution is 2.09. The maximum Gasteiger partial charge on any atom is 0.408 e. The Morgan fingerprint density at radius 1 is 1.17 bits per heavy atom. The summed E-state index contributed by atoms with van der Waals surface area (Å²) in [7, 11) is 0. The fourth-order valence-corrected chi connectivity index (χ4v) is 1.17. The molecule has 104 valence electrons. The number of nitrogens with one attached hydrogen (secondary N) is 1. The Balaban J connectivity index is 4.50. The molecule has 7 nitrogen and oxygen atoms in total. The second-order valence-electron chi connectivity index (χ2n) is 5.14. The van der Waals surface area contributed by atoms with Crippen LogP contribution in [0.2, 0.25) is 0 Å². The molecule has 0 aromatic carbocycles. The van der Waals surface area contributed by atoms with Crippen LogP contribution in [-0.4, -0.2) is 29.6 Å². The lowest BCUT2D eigenvalue weighted by molar-refractivity contribution is -0.123. The molecule has 0 bridgehead atoms. The molecule has 0 fully saturated rings. The molecule has 7 heteroatoms. The van der Waals surface area contributed by atoms with Crippen LogP contribution in [-0.2, 0) is 14.3 Å². The first-order valence-electron chi connectivity index (χ1n) is 5.61. The number of rotatable bonds is 5. The Hall–Kier alpha value is -1.79. The summed E-state index contributed by atoms with van der Waals surface area (Å²) in [6, 6.07) is -0.984. The zero-order chi connectivity index (χ0) is 14.5. The van der Waals surface area contributed by atoms with Crippen molar-refractivity contribution < 1.29 is 19.1 Å². The summed E-state index contributed by atoms with van der Waals surface area (Å²) in [5, 5.41) is 2.32. The van der Waals surface area contributed by atoms with Gasteiger partial charge in [-0.2, -0.15) is 0 Å². The Labute approximate surface area is 106 Å². The van der Waals surface area contributed by atoms with Crippen LogP contribution >= 0.6 is 0 Å². The van der Waals surface area contributed by atoms with E-state index in [4.69, 9.17) is 16.2 Å². The van der Waals surface area contributed by atoms with Gasteiger partial charge in [-0.15, -0.1) is 0 Å². The second kappa shape index (κ2) is 6.23. The molecule has 0 heterocycles. The highest BCUT2D eigenvalue weighted by atomic mass is 16.6. The van der Waals surface area contributed by atoms with E-state index >= 15 is 0 Å². The number of amides is 3. The number of carbonyl (C=O) groups excluding carboxylic acids is 3. The molecule has 0 radical (unpaired) electrons. The van der Waals surface area contributed by atoms with Crippen molar-refractivity contribution >= 4 is 17.9 Å². The maximum absolute atomic E-state index is 11.5. The first-order valence-corrected chi connectivity index (χ1v) is 5.61. The molecule has 0 aliphatic rings. The third-order valence-electron chi connectivity index (χ3n) is 2.11. The van der Waals surface area contributed by atoms with Crippen molar-refractivity contribution in [3.8, 4) is 0 Å². The average molecular weight is 259 g/mol. The van der Waals surface area contributed by atoms with E-state index in [2.05, 4.69) is 5.32 Å². The van der Waals surface area contributed by atoms with Crippen LogP contribution in [0.5, 0.6) is 0 Å². The first-order chi connectivity index (χ1) is 8.03. The van der Waals surface area contributed by atoms with Crippen molar-refractivity contribution in [1.29, 1.82) is 0 Å². The minimum absolute atomic E-state index is 0.0455. The van der Waals surface area contributed by atoms with Gasteiger partial charge in [-0.3, -0.25) is 9.59 Å². The standard InChI is InChI=1S/C11H21N3O4/c1-6(8(12)15)5-7(9(13)16)14-10(17)18-11(2,3)4/h6-7H,5H2,1-4H3,(H2,12,15)(H2,13,16)(H,14,17)/t6-,7+/m0/s1. The van der Waals surface area contributed by atoms with Gasteiger partial charge in [-0.1, -0.05) is 6.92 Å². The molecule has 3 amide bonds. The summed E-state index contributed by atoms with van der Waals surface area (Å²) in [6.45, 7) is 6.63. The molecule has 0 rings (SSSR count). The lowest BCUT2D eigenvalue weighted by Gasteiger charge is -2.23. The van der Waals surface area contributed by atoms with Crippen LogP contribution < -0.4 is 16.8 Å². The topological polar surface area (TPSA) is 125 Å². The van der Waals surface area contributed by atoms with Crippen molar-refractivity contribution in [2.24, 2.45) is 17.4 Å². The molecule has 0 aromatic heterocycles. The molecule has 0 saturated carbocycles. The molecule has 0 unspecified atom stereocenters. The van der Waals surface area contributed by atoms with Crippen LogP contribution in [0.1, 0.15) is 34.1 Å². The summed E-state index contributed by atoms with van der Waals surface area (Å²) in [5.41, 5.74) is 9.54. The lowest BCUT2D eigenvalue weighted by atomic mass is 10.0. The summed E-state index contributed by atoms with van der Waals surface area (Å²) < 4.78 is 4.99. The van der Waals surface area contributed by atoms with Crippen molar-refractivity contribution in [2.75, 3.05) is 0 Å². The summed E-state index contributed by atoms with van der Waals surface area (Å²) >= 11 is 0. The molecule has 2 atom stereocenters. The molecule has 0 aliphatic heterocycles. The molecule has 18 heavy (non-hydrogen) atoms. The Kier molecular flexibility index (Phi) is 5.61. The monoisotopic (exact) mass is 259 g/mol. The molecular weight excluding hydrogens is 238 g/mol. The van der Waals surface area contributed by atoms with Gasteiger partial charge < -0.3 is 21.5 Å². The quantitative estimate of drug-likeness (QED) is 0.636. The van der Waals surface area contributed by atoms with Crippen LogP contribution in [0.25, 0.3) is 0 Å². The smallest absolute Gasteiger partial charge is 0.408 e. The normalized spacial score (nSPS) is 14.4. The van der Waals surface area contributed by atoms with Gasteiger partial charge in [-0.25, -0.2) is 4.79 Å². The number of ether oxygens (including phenoxy) is 1. The zero-order valence-electron chi connectivity index (χ0n) is 11.1. The van der Waals surface area contributed by atoms with E-state index in [1.54, 1.807) is 27.7 Å². The van der Waals surface area contributed by atoms with E-state index in [0.717, 1.165) is 0 Å². The molecular formula is C11H21N3O4. The van der Waals surface area contributed by atoms with Gasteiger partial charge in [-0.05, 0) is 27.2 Å². The number of carbonyl (C=O) groups is 3. The molecule has 0 saturated heterocycles. The van der Waals surface area contributed by atoms with Crippen LogP contribution in [0.3, 0.4) is 0 Å². The van der Waals surface area contributed by atoms with Gasteiger partial charge in [0.25, 0.3) is 0 Å².